The molecule has 10 heteroatoms. The van der Waals surface area contributed by atoms with Gasteiger partial charge >= 0.3 is 0 Å². The molecule has 4 aromatic rings. The molecule has 1 saturated heterocycles. The largest absolute Gasteiger partial charge is 0.492 e. The number of nitrogens with zero attached hydrogens (tertiary/aromatic N) is 3. The Morgan fingerprint density at radius 3 is 2.71 bits per heavy atom. The van der Waals surface area contributed by atoms with Gasteiger partial charge in [0.1, 0.15) is 11.3 Å². The summed E-state index contributed by atoms with van der Waals surface area (Å²) in [6.45, 7) is 2.44. The van der Waals surface area contributed by atoms with E-state index in [-0.39, 0.29) is 24.2 Å². The molecule has 7 nitrogen and oxygen atoms in total. The lowest BCUT2D eigenvalue weighted by atomic mass is 10.1. The van der Waals surface area contributed by atoms with Crippen LogP contribution in [0.5, 0.6) is 5.75 Å². The summed E-state index contributed by atoms with van der Waals surface area (Å²) >= 11 is 0. The van der Waals surface area contributed by atoms with Gasteiger partial charge in [-0.3, -0.25) is 14.6 Å². The first-order chi connectivity index (χ1) is 19.8. The molecule has 2 aromatic carbocycles. The number of hydrogen-bond donors (Lipinski definition) is 1. The van der Waals surface area contributed by atoms with E-state index in [0.717, 1.165) is 52.9 Å². The molecular formula is C31H27F3N4O3. The van der Waals surface area contributed by atoms with Crippen molar-refractivity contribution < 1.29 is 22.7 Å². The van der Waals surface area contributed by atoms with E-state index in [0.29, 0.717) is 18.1 Å². The molecule has 5 rings (SSSR count). The molecule has 2 aromatic heterocycles. The molecule has 1 N–H and O–H groups in total. The van der Waals surface area contributed by atoms with E-state index in [9.17, 15) is 22.8 Å². The smallest absolute Gasteiger partial charge is 0.263 e. The van der Waals surface area contributed by atoms with Crippen LogP contribution in [-0.2, 0) is 6.54 Å². The number of pyridine rings is 2. The van der Waals surface area contributed by atoms with Crippen LogP contribution in [0, 0.1) is 35.2 Å². The number of benzene rings is 2. The Hall–Kier alpha value is -4.62. The van der Waals surface area contributed by atoms with Crippen molar-refractivity contribution in [2.75, 3.05) is 33.3 Å². The molecule has 0 saturated carbocycles. The Bertz CT molecular complexity index is 1700. The summed E-state index contributed by atoms with van der Waals surface area (Å²) in [6, 6.07) is 11.8. The van der Waals surface area contributed by atoms with Gasteiger partial charge in [0.05, 0.1) is 25.2 Å². The maximum Gasteiger partial charge on any atom is 0.263 e. The fraction of sp³-hybridized carbons (Fsp3) is 0.258. The van der Waals surface area contributed by atoms with Crippen LogP contribution in [0.15, 0.2) is 65.7 Å². The monoisotopic (exact) mass is 560 g/mol. The van der Waals surface area contributed by atoms with Gasteiger partial charge in [-0.05, 0) is 74.1 Å². The van der Waals surface area contributed by atoms with Crippen LogP contribution in [0.2, 0.25) is 0 Å². The molecular weight excluding hydrogens is 533 g/mol. The summed E-state index contributed by atoms with van der Waals surface area (Å²) in [7, 11) is 2.10. The minimum Gasteiger partial charge on any atom is -0.492 e. The number of hydrogen-bond acceptors (Lipinski definition) is 5. The van der Waals surface area contributed by atoms with E-state index in [1.807, 2.05) is 24.3 Å². The molecule has 1 atom stereocenters. The average molecular weight is 561 g/mol. The van der Waals surface area contributed by atoms with Crippen LogP contribution in [0.25, 0.3) is 10.9 Å². The number of ether oxygens (including phenoxy) is 1. The summed E-state index contributed by atoms with van der Waals surface area (Å²) in [5.74, 6) is 2.17. The maximum absolute atomic E-state index is 13.6. The van der Waals surface area contributed by atoms with Crippen molar-refractivity contribution in [3.05, 3.63) is 105 Å². The van der Waals surface area contributed by atoms with Crippen molar-refractivity contribution in [3.63, 3.8) is 0 Å². The first-order valence-corrected chi connectivity index (χ1v) is 13.1. The molecule has 1 aliphatic heterocycles. The van der Waals surface area contributed by atoms with Crippen LogP contribution in [-0.4, -0.2) is 53.6 Å². The molecule has 0 spiro atoms. The Labute approximate surface area is 234 Å². The highest BCUT2D eigenvalue weighted by Gasteiger charge is 2.20. The van der Waals surface area contributed by atoms with Gasteiger partial charge in [-0.1, -0.05) is 11.8 Å². The number of halogens is 3. The third-order valence-corrected chi connectivity index (χ3v) is 6.90. The van der Waals surface area contributed by atoms with Crippen LogP contribution in [0.1, 0.15) is 27.9 Å². The molecule has 0 aliphatic carbocycles. The molecule has 3 heterocycles. The highest BCUT2D eigenvalue weighted by atomic mass is 19.2. The fourth-order valence-electron chi connectivity index (χ4n) is 4.79. The molecule has 210 valence electrons. The normalized spacial score (nSPS) is 15.0. The van der Waals surface area contributed by atoms with E-state index < -0.39 is 28.9 Å². The maximum atomic E-state index is 13.6. The quantitative estimate of drug-likeness (QED) is 0.274. The van der Waals surface area contributed by atoms with Gasteiger partial charge in [-0.15, -0.1) is 0 Å². The number of rotatable bonds is 7. The summed E-state index contributed by atoms with van der Waals surface area (Å²) in [5.41, 5.74) is 0.714. The van der Waals surface area contributed by atoms with Crippen molar-refractivity contribution in [3.8, 4) is 17.6 Å². The number of aromatic nitrogens is 2. The lowest BCUT2D eigenvalue weighted by Crippen LogP contribution is -2.33. The Balaban J connectivity index is 1.23. The van der Waals surface area contributed by atoms with E-state index in [1.165, 1.54) is 18.3 Å². The number of likely N-dealkylation sites (tertiary alicyclic amines) is 1. The number of nitrogens with one attached hydrogen (secondary N) is 1. The minimum atomic E-state index is -1.59. The van der Waals surface area contributed by atoms with Crippen LogP contribution >= 0.6 is 0 Å². The number of fused-ring (bicyclic) bond motifs is 1. The van der Waals surface area contributed by atoms with Crippen molar-refractivity contribution >= 4 is 16.8 Å². The zero-order chi connectivity index (χ0) is 28.9. The lowest BCUT2D eigenvalue weighted by Gasteiger charge is -2.13. The third kappa shape index (κ3) is 6.58. The van der Waals surface area contributed by atoms with Crippen LogP contribution < -0.4 is 15.6 Å². The molecule has 0 unspecified atom stereocenters. The van der Waals surface area contributed by atoms with E-state index >= 15 is 0 Å². The first kappa shape index (κ1) is 27.9. The highest BCUT2D eigenvalue weighted by molar-refractivity contribution is 5.94. The topological polar surface area (TPSA) is 76.5 Å². The summed E-state index contributed by atoms with van der Waals surface area (Å²) in [5, 5.41) is 3.44. The van der Waals surface area contributed by atoms with Gasteiger partial charge in [0, 0.05) is 35.8 Å². The Morgan fingerprint density at radius 1 is 1.15 bits per heavy atom. The van der Waals surface area contributed by atoms with Crippen molar-refractivity contribution in [1.82, 2.24) is 19.8 Å². The molecule has 41 heavy (non-hydrogen) atoms. The molecule has 0 radical (unpaired) electrons. The van der Waals surface area contributed by atoms with Gasteiger partial charge in [-0.2, -0.15) is 0 Å². The zero-order valence-corrected chi connectivity index (χ0v) is 22.3. The predicted octanol–water partition coefficient (Wildman–Crippen LogP) is 3.97. The van der Waals surface area contributed by atoms with Crippen molar-refractivity contribution in [2.24, 2.45) is 5.92 Å². The second kappa shape index (κ2) is 12.3. The molecule has 1 aliphatic rings. The fourth-order valence-corrected chi connectivity index (χ4v) is 4.79. The first-order valence-electron chi connectivity index (χ1n) is 13.1. The number of carbonyl (C=O) groups excluding carboxylic acids is 1. The summed E-state index contributed by atoms with van der Waals surface area (Å²) in [4.78, 5) is 32.2. The second-order valence-corrected chi connectivity index (χ2v) is 9.98. The van der Waals surface area contributed by atoms with Crippen molar-refractivity contribution in [2.45, 2.75) is 13.0 Å². The second-order valence-electron chi connectivity index (χ2n) is 9.98. The molecule has 1 fully saturated rings. The van der Waals surface area contributed by atoms with E-state index in [1.54, 1.807) is 6.20 Å². The van der Waals surface area contributed by atoms with E-state index in [4.69, 9.17) is 4.74 Å². The minimum absolute atomic E-state index is 0.0226. The van der Waals surface area contributed by atoms with Crippen LogP contribution in [0.3, 0.4) is 0 Å². The highest BCUT2D eigenvalue weighted by Crippen LogP contribution is 2.26. The van der Waals surface area contributed by atoms with Gasteiger partial charge in [0.2, 0.25) is 0 Å². The number of carbonyl (C=O) groups is 1. The molecule has 1 amide bonds. The predicted molar refractivity (Wildman–Crippen MR) is 148 cm³/mol. The van der Waals surface area contributed by atoms with Gasteiger partial charge < -0.3 is 19.5 Å². The summed E-state index contributed by atoms with van der Waals surface area (Å²) in [6.07, 6.45) is 4.19. The zero-order valence-electron chi connectivity index (χ0n) is 22.3. The number of amides is 1. The van der Waals surface area contributed by atoms with Crippen LogP contribution in [0.4, 0.5) is 13.2 Å². The van der Waals surface area contributed by atoms with Gasteiger partial charge in [-0.25, -0.2) is 13.2 Å². The Morgan fingerprint density at radius 2 is 1.95 bits per heavy atom. The summed E-state index contributed by atoms with van der Waals surface area (Å²) < 4.78 is 47.6. The standard InChI is InChI=1S/C31H27F3N4O3/c1-37-13-9-21(17-37)19-41-28-8-11-35-27-7-6-20(14-24(27)28)4-2-10-36-30(39)23-5-3-12-38(31(23)40)18-22-15-25(32)29(34)26(33)16-22/h3,5-8,11-12,14-16,21H,9-10,13,17-19H2,1H3,(H,36,39)/t21-/m1/s1. The molecule has 0 bridgehead atoms. The van der Waals surface area contributed by atoms with E-state index in [2.05, 4.69) is 34.1 Å². The third-order valence-electron chi connectivity index (χ3n) is 6.90. The Kier molecular flexibility index (Phi) is 8.36. The average Bonchev–Trinajstić information content (AvgIpc) is 3.38. The lowest BCUT2D eigenvalue weighted by molar-refractivity contribution is 0.0956. The van der Waals surface area contributed by atoms with Gasteiger partial charge in [0.25, 0.3) is 11.5 Å². The van der Waals surface area contributed by atoms with Gasteiger partial charge in [0.15, 0.2) is 17.5 Å². The SMILES string of the molecule is CN1CC[C@@H](COc2ccnc3ccc(C#CCNC(=O)c4cccn(Cc5cc(F)c(F)c(F)c5)c4=O)cc23)C1. The van der Waals surface area contributed by atoms with Crippen molar-refractivity contribution in [1.29, 1.82) is 0 Å².